The molecule has 4 heteroatoms. The summed E-state index contributed by atoms with van der Waals surface area (Å²) in [5.74, 6) is 0.702. The molecule has 0 aliphatic carbocycles. The molecule has 0 heterocycles. The van der Waals surface area contributed by atoms with Crippen LogP contribution in [0.3, 0.4) is 0 Å². The molecular weight excluding hydrogens is 230 g/mol. The first-order valence-corrected chi connectivity index (χ1v) is 6.78. The average molecular weight is 246 g/mol. The second kappa shape index (κ2) is 6.13. The first-order valence-electron chi connectivity index (χ1n) is 5.08. The van der Waals surface area contributed by atoms with Crippen molar-refractivity contribution in [3.05, 3.63) is 23.2 Å². The summed E-state index contributed by atoms with van der Waals surface area (Å²) < 4.78 is 11.8. The number of hydrogen-bond acceptors (Lipinski definition) is 2. The fourth-order valence-electron chi connectivity index (χ4n) is 1.25. The number of anilines is 1. The van der Waals surface area contributed by atoms with Crippen LogP contribution in [0.5, 0.6) is 0 Å². The zero-order valence-corrected chi connectivity index (χ0v) is 10.4. The highest BCUT2D eigenvalue weighted by atomic mass is 35.5. The highest BCUT2D eigenvalue weighted by Gasteiger charge is 2.05. The summed E-state index contributed by atoms with van der Waals surface area (Å²) >= 11 is 5.86. The summed E-state index contributed by atoms with van der Waals surface area (Å²) in [6.45, 7) is 2.13. The molecule has 15 heavy (non-hydrogen) atoms. The maximum absolute atomic E-state index is 11.8. The van der Waals surface area contributed by atoms with Crippen molar-refractivity contribution in [2.45, 2.75) is 31.1 Å². The Morgan fingerprint density at radius 1 is 1.40 bits per heavy atom. The molecule has 1 unspecified atom stereocenters. The fraction of sp³-hybridized carbons (Fsp3) is 0.455. The normalized spacial score (nSPS) is 12.7. The number of nitrogens with two attached hydrogens (primary N) is 1. The van der Waals surface area contributed by atoms with Gasteiger partial charge in [-0.2, -0.15) is 0 Å². The van der Waals surface area contributed by atoms with E-state index in [4.69, 9.17) is 17.3 Å². The molecule has 0 aromatic heterocycles. The van der Waals surface area contributed by atoms with Gasteiger partial charge in [-0.1, -0.05) is 31.4 Å². The number of rotatable bonds is 5. The third-order valence-electron chi connectivity index (χ3n) is 2.17. The van der Waals surface area contributed by atoms with Crippen molar-refractivity contribution < 1.29 is 4.21 Å². The Bertz CT molecular complexity index is 354. The maximum Gasteiger partial charge on any atom is 0.0647 e. The molecule has 0 spiro atoms. The molecule has 1 atom stereocenters. The van der Waals surface area contributed by atoms with Crippen molar-refractivity contribution >= 4 is 28.1 Å². The van der Waals surface area contributed by atoms with Crippen molar-refractivity contribution in [3.8, 4) is 0 Å². The van der Waals surface area contributed by atoms with Crippen molar-refractivity contribution in [2.75, 3.05) is 11.5 Å². The SMILES string of the molecule is CCCCCS(=O)c1ccc(N)c(Cl)c1. The van der Waals surface area contributed by atoms with E-state index in [9.17, 15) is 4.21 Å². The second-order valence-corrected chi connectivity index (χ2v) is 5.42. The molecule has 0 aliphatic heterocycles. The topological polar surface area (TPSA) is 43.1 Å². The number of halogens is 1. The minimum atomic E-state index is -0.943. The molecule has 0 saturated carbocycles. The van der Waals surface area contributed by atoms with E-state index in [0.29, 0.717) is 16.5 Å². The Morgan fingerprint density at radius 3 is 2.73 bits per heavy atom. The van der Waals surface area contributed by atoms with Gasteiger partial charge >= 0.3 is 0 Å². The van der Waals surface area contributed by atoms with Gasteiger partial charge in [-0.05, 0) is 24.6 Å². The van der Waals surface area contributed by atoms with Gasteiger partial charge in [-0.3, -0.25) is 4.21 Å². The zero-order valence-electron chi connectivity index (χ0n) is 8.83. The zero-order chi connectivity index (χ0) is 11.3. The first kappa shape index (κ1) is 12.5. The lowest BCUT2D eigenvalue weighted by Gasteiger charge is -2.03. The van der Waals surface area contributed by atoms with Crippen LogP contribution in [0.1, 0.15) is 26.2 Å². The van der Waals surface area contributed by atoms with Crippen LogP contribution in [0.2, 0.25) is 5.02 Å². The van der Waals surface area contributed by atoms with Gasteiger partial charge in [0.25, 0.3) is 0 Å². The average Bonchev–Trinajstić information content (AvgIpc) is 2.22. The molecule has 0 fully saturated rings. The van der Waals surface area contributed by atoms with Crippen molar-refractivity contribution in [3.63, 3.8) is 0 Å². The van der Waals surface area contributed by atoms with Gasteiger partial charge in [0.05, 0.1) is 21.5 Å². The minimum absolute atomic E-state index is 0.483. The molecule has 84 valence electrons. The van der Waals surface area contributed by atoms with E-state index in [1.54, 1.807) is 18.2 Å². The number of nitrogen functional groups attached to an aromatic ring is 1. The number of hydrogen-bond donors (Lipinski definition) is 1. The Morgan fingerprint density at radius 2 is 2.13 bits per heavy atom. The van der Waals surface area contributed by atoms with Gasteiger partial charge in [0, 0.05) is 10.6 Å². The predicted molar refractivity (Wildman–Crippen MR) is 66.7 cm³/mol. The van der Waals surface area contributed by atoms with E-state index in [1.165, 1.54) is 0 Å². The van der Waals surface area contributed by atoms with Gasteiger partial charge in [-0.25, -0.2) is 0 Å². The predicted octanol–water partition coefficient (Wildman–Crippen LogP) is 3.22. The van der Waals surface area contributed by atoms with Gasteiger partial charge in [0.2, 0.25) is 0 Å². The molecule has 0 bridgehead atoms. The highest BCUT2D eigenvalue weighted by Crippen LogP contribution is 2.22. The monoisotopic (exact) mass is 245 g/mol. The van der Waals surface area contributed by atoms with Gasteiger partial charge in [0.1, 0.15) is 0 Å². The summed E-state index contributed by atoms with van der Waals surface area (Å²) in [6, 6.07) is 5.18. The number of benzene rings is 1. The van der Waals surface area contributed by atoms with Crippen LogP contribution >= 0.6 is 11.6 Å². The third kappa shape index (κ3) is 3.84. The standard InChI is InChI=1S/C11H16ClNOS/c1-2-3-4-7-15(14)9-5-6-11(13)10(12)8-9/h5-6,8H,2-4,7,13H2,1H3. The van der Waals surface area contributed by atoms with E-state index >= 15 is 0 Å². The van der Waals surface area contributed by atoms with Crippen LogP contribution in [0.4, 0.5) is 5.69 Å². The Labute approximate surface area is 98.3 Å². The van der Waals surface area contributed by atoms with Crippen molar-refractivity contribution in [2.24, 2.45) is 0 Å². The highest BCUT2D eigenvalue weighted by molar-refractivity contribution is 7.85. The van der Waals surface area contributed by atoms with Crippen LogP contribution in [0.25, 0.3) is 0 Å². The molecule has 2 N–H and O–H groups in total. The molecule has 0 radical (unpaired) electrons. The summed E-state index contributed by atoms with van der Waals surface area (Å²) in [4.78, 5) is 0.769. The maximum atomic E-state index is 11.8. The second-order valence-electron chi connectivity index (χ2n) is 3.44. The molecule has 1 aromatic carbocycles. The molecule has 0 saturated heterocycles. The molecule has 2 nitrogen and oxygen atoms in total. The Hall–Kier alpha value is -0.540. The van der Waals surface area contributed by atoms with Crippen LogP contribution in [-0.4, -0.2) is 9.96 Å². The Balaban J connectivity index is 2.62. The van der Waals surface area contributed by atoms with E-state index < -0.39 is 10.8 Å². The smallest absolute Gasteiger partial charge is 0.0647 e. The minimum Gasteiger partial charge on any atom is -0.398 e. The lowest BCUT2D eigenvalue weighted by atomic mass is 10.3. The number of unbranched alkanes of at least 4 members (excludes halogenated alkanes) is 2. The summed E-state index contributed by atoms with van der Waals surface area (Å²) in [6.07, 6.45) is 3.25. The largest absolute Gasteiger partial charge is 0.398 e. The van der Waals surface area contributed by atoms with Crippen LogP contribution in [0.15, 0.2) is 23.1 Å². The van der Waals surface area contributed by atoms with Crippen LogP contribution in [-0.2, 0) is 10.8 Å². The van der Waals surface area contributed by atoms with E-state index in [1.807, 2.05) is 0 Å². The van der Waals surface area contributed by atoms with Crippen LogP contribution < -0.4 is 5.73 Å². The molecule has 1 aromatic rings. The van der Waals surface area contributed by atoms with Gasteiger partial charge in [0.15, 0.2) is 0 Å². The van der Waals surface area contributed by atoms with E-state index in [2.05, 4.69) is 6.92 Å². The molecule has 0 aliphatic rings. The van der Waals surface area contributed by atoms with Crippen LogP contribution in [0, 0.1) is 0 Å². The lowest BCUT2D eigenvalue weighted by Crippen LogP contribution is -1.98. The summed E-state index contributed by atoms with van der Waals surface area (Å²) in [5, 5.41) is 0.483. The first-order chi connectivity index (χ1) is 7.15. The Kier molecular flexibility index (Phi) is 5.12. The van der Waals surface area contributed by atoms with E-state index in [-0.39, 0.29) is 0 Å². The van der Waals surface area contributed by atoms with E-state index in [0.717, 1.165) is 24.2 Å². The fourth-order valence-corrected chi connectivity index (χ4v) is 2.67. The van der Waals surface area contributed by atoms with Gasteiger partial charge in [-0.15, -0.1) is 0 Å². The van der Waals surface area contributed by atoms with Crippen molar-refractivity contribution in [1.82, 2.24) is 0 Å². The molecular formula is C11H16ClNOS. The van der Waals surface area contributed by atoms with Crippen molar-refractivity contribution in [1.29, 1.82) is 0 Å². The third-order valence-corrected chi connectivity index (χ3v) is 3.93. The summed E-state index contributed by atoms with van der Waals surface area (Å²) in [7, 11) is -0.943. The molecule has 1 rings (SSSR count). The quantitative estimate of drug-likeness (QED) is 0.639. The molecule has 0 amide bonds. The van der Waals surface area contributed by atoms with Gasteiger partial charge < -0.3 is 5.73 Å². The summed E-state index contributed by atoms with van der Waals surface area (Å²) in [5.41, 5.74) is 6.11. The lowest BCUT2D eigenvalue weighted by molar-refractivity contribution is 0.676.